The van der Waals surface area contributed by atoms with Crippen LogP contribution in [0.25, 0.3) is 11.1 Å². The molecule has 0 heterocycles. The van der Waals surface area contributed by atoms with Gasteiger partial charge in [0.05, 0.1) is 13.5 Å². The minimum atomic E-state index is -0.719. The molecule has 0 saturated heterocycles. The quantitative estimate of drug-likeness (QED) is 0.360. The van der Waals surface area contributed by atoms with E-state index in [9.17, 15) is 14.4 Å². The van der Waals surface area contributed by atoms with Gasteiger partial charge in [0.15, 0.2) is 0 Å². The first-order valence-electron chi connectivity index (χ1n) is 11.2. The van der Waals surface area contributed by atoms with Gasteiger partial charge in [-0.15, -0.1) is 0 Å². The molecule has 0 aliphatic carbocycles. The van der Waals surface area contributed by atoms with Crippen LogP contribution in [0.2, 0.25) is 0 Å². The van der Waals surface area contributed by atoms with Gasteiger partial charge in [-0.05, 0) is 66.2 Å². The van der Waals surface area contributed by atoms with Crippen LogP contribution in [0.1, 0.15) is 47.7 Å². The number of benzene rings is 2. The van der Waals surface area contributed by atoms with Gasteiger partial charge in [-0.25, -0.2) is 4.79 Å². The van der Waals surface area contributed by atoms with E-state index < -0.39 is 12.0 Å². The minimum absolute atomic E-state index is 0.0424. The molecule has 178 valence electrons. The summed E-state index contributed by atoms with van der Waals surface area (Å²) in [7, 11) is 1.32. The monoisotopic (exact) mass is 470 g/mol. The minimum Gasteiger partial charge on any atom is -0.467 e. The maximum atomic E-state index is 13.2. The highest BCUT2D eigenvalue weighted by Crippen LogP contribution is 2.28. The highest BCUT2D eigenvalue weighted by atomic mass is 32.2. The normalized spacial score (nSPS) is 11.5. The molecule has 0 aliphatic heterocycles. The van der Waals surface area contributed by atoms with Crippen molar-refractivity contribution in [1.29, 1.82) is 0 Å². The van der Waals surface area contributed by atoms with E-state index in [1.165, 1.54) is 7.11 Å². The number of carbonyl (C=O) groups is 3. The van der Waals surface area contributed by atoms with Crippen LogP contribution in [0.4, 0.5) is 0 Å². The highest BCUT2D eigenvalue weighted by molar-refractivity contribution is 7.98. The Balaban J connectivity index is 2.36. The van der Waals surface area contributed by atoms with Gasteiger partial charge >= 0.3 is 5.97 Å². The Labute approximate surface area is 200 Å². The Kier molecular flexibility index (Phi) is 11.0. The second-order valence-corrected chi connectivity index (χ2v) is 8.89. The first-order chi connectivity index (χ1) is 15.9. The van der Waals surface area contributed by atoms with Gasteiger partial charge in [0.25, 0.3) is 5.91 Å². The van der Waals surface area contributed by atoms with Gasteiger partial charge in [-0.3, -0.25) is 9.59 Å². The predicted octanol–water partition coefficient (Wildman–Crippen LogP) is 4.15. The van der Waals surface area contributed by atoms with Crippen molar-refractivity contribution in [3.05, 3.63) is 59.2 Å². The van der Waals surface area contributed by atoms with Crippen LogP contribution in [-0.4, -0.2) is 49.5 Å². The van der Waals surface area contributed by atoms with E-state index in [-0.39, 0.29) is 18.2 Å². The Morgan fingerprint density at radius 2 is 1.85 bits per heavy atom. The zero-order valence-electron chi connectivity index (χ0n) is 19.9. The van der Waals surface area contributed by atoms with Gasteiger partial charge in [-0.2, -0.15) is 11.8 Å². The number of rotatable bonds is 12. The summed E-state index contributed by atoms with van der Waals surface area (Å²) < 4.78 is 4.88. The van der Waals surface area contributed by atoms with E-state index in [0.29, 0.717) is 18.5 Å². The second-order valence-electron chi connectivity index (χ2n) is 7.91. The van der Waals surface area contributed by atoms with E-state index >= 15 is 0 Å². The van der Waals surface area contributed by atoms with Crippen molar-refractivity contribution in [3.8, 4) is 11.1 Å². The van der Waals surface area contributed by atoms with E-state index in [1.807, 2.05) is 43.5 Å². The molecule has 0 radical (unpaired) electrons. The fraction of sp³-hybridized carbons (Fsp3) is 0.423. The first-order valence-corrected chi connectivity index (χ1v) is 12.6. The molecule has 7 heteroatoms. The average Bonchev–Trinajstić information content (AvgIpc) is 2.81. The molecule has 2 aromatic rings. The number of hydrogen-bond donors (Lipinski definition) is 2. The standard InChI is InChI=1S/C26H34N2O4S/c1-5-6-14-27-24(29)17-19-11-12-21(22(16-19)20-10-8-7-9-18(20)2)25(30)28-23(13-15-33-4)26(31)32-3/h7-12,16,23H,5-6,13-15,17H2,1-4H3,(H,27,29)(H,28,30). The summed E-state index contributed by atoms with van der Waals surface area (Å²) in [6.07, 6.45) is 4.63. The van der Waals surface area contributed by atoms with Crippen LogP contribution >= 0.6 is 11.8 Å². The number of unbranched alkanes of at least 4 members (excludes halogenated alkanes) is 1. The number of esters is 1. The maximum absolute atomic E-state index is 13.2. The van der Waals surface area contributed by atoms with Gasteiger partial charge < -0.3 is 15.4 Å². The number of nitrogens with one attached hydrogen (secondary N) is 2. The largest absolute Gasteiger partial charge is 0.467 e. The lowest BCUT2D eigenvalue weighted by Crippen LogP contribution is -2.42. The maximum Gasteiger partial charge on any atom is 0.328 e. The Bertz CT molecular complexity index is 961. The van der Waals surface area contributed by atoms with Crippen molar-refractivity contribution in [2.24, 2.45) is 0 Å². The van der Waals surface area contributed by atoms with Gasteiger partial charge in [0.1, 0.15) is 6.04 Å². The number of ether oxygens (including phenoxy) is 1. The topological polar surface area (TPSA) is 84.5 Å². The zero-order chi connectivity index (χ0) is 24.2. The van der Waals surface area contributed by atoms with Gasteiger partial charge in [-0.1, -0.05) is 43.7 Å². The SMILES string of the molecule is CCCCNC(=O)Cc1ccc(C(=O)NC(CCSC)C(=O)OC)c(-c2ccccc2C)c1. The summed E-state index contributed by atoms with van der Waals surface area (Å²) in [6, 6.07) is 12.5. The number of aryl methyl sites for hydroxylation is 1. The molecule has 2 amide bonds. The van der Waals surface area contributed by atoms with Gasteiger partial charge in [0, 0.05) is 12.1 Å². The molecule has 0 aromatic heterocycles. The Morgan fingerprint density at radius 1 is 1.09 bits per heavy atom. The molecule has 0 aliphatic rings. The second kappa shape index (κ2) is 13.7. The third kappa shape index (κ3) is 7.93. The Hall–Kier alpha value is -2.80. The number of amides is 2. The van der Waals surface area contributed by atoms with Crippen LogP contribution in [-0.2, 0) is 20.7 Å². The summed E-state index contributed by atoms with van der Waals surface area (Å²) >= 11 is 1.60. The lowest BCUT2D eigenvalue weighted by Gasteiger charge is -2.18. The molecule has 6 nitrogen and oxygen atoms in total. The van der Waals surface area contributed by atoms with E-state index in [4.69, 9.17) is 4.74 Å². The van der Waals surface area contributed by atoms with Crippen molar-refractivity contribution in [3.63, 3.8) is 0 Å². The lowest BCUT2D eigenvalue weighted by molar-refractivity contribution is -0.142. The van der Waals surface area contributed by atoms with Crippen LogP contribution in [0.3, 0.4) is 0 Å². The van der Waals surface area contributed by atoms with Gasteiger partial charge in [0.2, 0.25) is 5.91 Å². The molecule has 2 aromatic carbocycles. The molecular formula is C26H34N2O4S. The lowest BCUT2D eigenvalue weighted by atomic mass is 9.92. The number of methoxy groups -OCH3 is 1. The summed E-state index contributed by atoms with van der Waals surface area (Å²) in [6.45, 7) is 4.72. The molecule has 2 N–H and O–H groups in total. The number of thioether (sulfide) groups is 1. The summed E-state index contributed by atoms with van der Waals surface area (Å²) in [5, 5.41) is 5.77. The van der Waals surface area contributed by atoms with Crippen molar-refractivity contribution >= 4 is 29.5 Å². The van der Waals surface area contributed by atoms with Crippen LogP contribution in [0, 0.1) is 6.92 Å². The fourth-order valence-corrected chi connectivity index (χ4v) is 3.98. The molecule has 1 atom stereocenters. The predicted molar refractivity (Wildman–Crippen MR) is 135 cm³/mol. The molecule has 1 unspecified atom stereocenters. The highest BCUT2D eigenvalue weighted by Gasteiger charge is 2.24. The average molecular weight is 471 g/mol. The van der Waals surface area contributed by atoms with Crippen molar-refractivity contribution < 1.29 is 19.1 Å². The van der Waals surface area contributed by atoms with Crippen LogP contribution in [0.15, 0.2) is 42.5 Å². The third-order valence-corrected chi connectivity index (χ3v) is 6.03. The number of carbonyl (C=O) groups excluding carboxylic acids is 3. The third-order valence-electron chi connectivity index (χ3n) is 5.38. The summed E-state index contributed by atoms with van der Waals surface area (Å²) in [5.74, 6) is -0.130. The van der Waals surface area contributed by atoms with Crippen molar-refractivity contribution in [2.45, 2.75) is 45.6 Å². The summed E-state index contributed by atoms with van der Waals surface area (Å²) in [5.41, 5.74) is 3.94. The van der Waals surface area contributed by atoms with Crippen molar-refractivity contribution in [2.75, 3.05) is 25.7 Å². The Morgan fingerprint density at radius 3 is 2.52 bits per heavy atom. The summed E-state index contributed by atoms with van der Waals surface area (Å²) in [4.78, 5) is 37.8. The molecule has 2 rings (SSSR count). The first kappa shape index (κ1) is 26.5. The fourth-order valence-electron chi connectivity index (χ4n) is 3.51. The van der Waals surface area contributed by atoms with Crippen molar-refractivity contribution in [1.82, 2.24) is 10.6 Å². The molecule has 0 saturated carbocycles. The molecule has 0 fully saturated rings. The number of hydrogen-bond acceptors (Lipinski definition) is 5. The van der Waals surface area contributed by atoms with Crippen LogP contribution in [0.5, 0.6) is 0 Å². The van der Waals surface area contributed by atoms with E-state index in [2.05, 4.69) is 17.6 Å². The molecule has 33 heavy (non-hydrogen) atoms. The molecule has 0 spiro atoms. The van der Waals surface area contributed by atoms with Crippen LogP contribution < -0.4 is 10.6 Å². The van der Waals surface area contributed by atoms with E-state index in [0.717, 1.165) is 40.8 Å². The van der Waals surface area contributed by atoms with E-state index in [1.54, 1.807) is 23.9 Å². The smallest absolute Gasteiger partial charge is 0.328 e. The molecule has 0 bridgehead atoms. The molecular weight excluding hydrogens is 436 g/mol. The zero-order valence-corrected chi connectivity index (χ0v) is 20.7.